The van der Waals surface area contributed by atoms with E-state index in [1.54, 1.807) is 7.11 Å². The fraction of sp³-hybridized carbons (Fsp3) is 0.769. The zero-order valence-corrected chi connectivity index (χ0v) is 12.7. The predicted molar refractivity (Wildman–Crippen MR) is 75.5 cm³/mol. The van der Waals surface area contributed by atoms with E-state index >= 15 is 0 Å². The van der Waals surface area contributed by atoms with Crippen molar-refractivity contribution in [2.45, 2.75) is 44.7 Å². The van der Waals surface area contributed by atoms with Crippen LogP contribution in [0.4, 0.5) is 0 Å². The molecule has 4 nitrogen and oxygen atoms in total. The van der Waals surface area contributed by atoms with Crippen molar-refractivity contribution in [3.05, 3.63) is 16.4 Å². The Kier molecular flexibility index (Phi) is 4.81. The number of halogens is 1. The summed E-state index contributed by atoms with van der Waals surface area (Å²) < 4.78 is 8.25. The number of ether oxygens (including phenoxy) is 1. The molecule has 1 aromatic rings. The molecule has 3 atom stereocenters. The van der Waals surface area contributed by atoms with Gasteiger partial charge in [-0.1, -0.05) is 6.92 Å². The first-order chi connectivity index (χ1) is 8.63. The van der Waals surface area contributed by atoms with Gasteiger partial charge in [0.1, 0.15) is 0 Å². The highest BCUT2D eigenvalue weighted by Crippen LogP contribution is 2.38. The molecular formula is C13H22BrN3O. The average Bonchev–Trinajstić information content (AvgIpc) is 2.71. The van der Waals surface area contributed by atoms with Gasteiger partial charge in [-0.2, -0.15) is 5.10 Å². The maximum absolute atomic E-state index is 6.31. The zero-order valence-electron chi connectivity index (χ0n) is 11.1. The van der Waals surface area contributed by atoms with Crippen molar-refractivity contribution in [1.82, 2.24) is 9.78 Å². The molecule has 0 spiro atoms. The third-order valence-electron chi connectivity index (χ3n) is 3.86. The normalized spacial score (nSPS) is 28.6. The first-order valence-electron chi connectivity index (χ1n) is 6.59. The Bertz CT molecular complexity index is 394. The molecule has 0 bridgehead atoms. The van der Waals surface area contributed by atoms with E-state index in [9.17, 15) is 0 Å². The lowest BCUT2D eigenvalue weighted by atomic mass is 9.77. The standard InChI is InChI=1S/C13H22BrN3O/c1-9-3-4-12(15)10(7-9)13-11(14)8-16-17(13)5-6-18-2/h8-10,12H,3-7,15H2,1-2H3. The maximum Gasteiger partial charge on any atom is 0.0658 e. The maximum atomic E-state index is 6.31. The second-order valence-electron chi connectivity index (χ2n) is 5.28. The fourth-order valence-corrected chi connectivity index (χ4v) is 3.41. The second kappa shape index (κ2) is 6.17. The van der Waals surface area contributed by atoms with E-state index in [1.165, 1.54) is 12.1 Å². The number of hydrogen-bond donors (Lipinski definition) is 1. The summed E-state index contributed by atoms with van der Waals surface area (Å²) in [5, 5.41) is 4.42. The van der Waals surface area contributed by atoms with E-state index in [0.717, 1.165) is 29.8 Å². The number of methoxy groups -OCH3 is 1. The Labute approximate surface area is 117 Å². The van der Waals surface area contributed by atoms with Crippen molar-refractivity contribution in [2.75, 3.05) is 13.7 Å². The molecule has 0 saturated heterocycles. The Morgan fingerprint density at radius 1 is 1.56 bits per heavy atom. The lowest BCUT2D eigenvalue weighted by molar-refractivity contribution is 0.180. The third kappa shape index (κ3) is 2.95. The number of nitrogens with zero attached hydrogens (tertiary/aromatic N) is 2. The molecule has 1 fully saturated rings. The molecule has 0 aromatic carbocycles. The van der Waals surface area contributed by atoms with Gasteiger partial charge in [0.05, 0.1) is 29.5 Å². The molecule has 0 aliphatic heterocycles. The zero-order chi connectivity index (χ0) is 13.1. The molecule has 102 valence electrons. The van der Waals surface area contributed by atoms with Gasteiger partial charge in [0, 0.05) is 19.1 Å². The number of nitrogens with two attached hydrogens (primary N) is 1. The molecule has 5 heteroatoms. The summed E-state index contributed by atoms with van der Waals surface area (Å²) in [7, 11) is 1.71. The van der Waals surface area contributed by atoms with Crippen LogP contribution >= 0.6 is 15.9 Å². The minimum atomic E-state index is 0.246. The summed E-state index contributed by atoms with van der Waals surface area (Å²) in [5.41, 5.74) is 7.55. The van der Waals surface area contributed by atoms with Gasteiger partial charge in [-0.25, -0.2) is 0 Å². The minimum absolute atomic E-state index is 0.246. The highest BCUT2D eigenvalue weighted by Gasteiger charge is 2.31. The summed E-state index contributed by atoms with van der Waals surface area (Å²) in [6.07, 6.45) is 5.37. The fourth-order valence-electron chi connectivity index (χ4n) is 2.82. The molecule has 1 aliphatic carbocycles. The Morgan fingerprint density at radius 2 is 2.33 bits per heavy atom. The lowest BCUT2D eigenvalue weighted by Crippen LogP contribution is -2.35. The summed E-state index contributed by atoms with van der Waals surface area (Å²) in [6.45, 7) is 3.77. The van der Waals surface area contributed by atoms with Crippen LogP contribution in [0.15, 0.2) is 10.7 Å². The van der Waals surface area contributed by atoms with Crippen molar-refractivity contribution >= 4 is 15.9 Å². The van der Waals surface area contributed by atoms with E-state index in [1.807, 2.05) is 10.9 Å². The van der Waals surface area contributed by atoms with E-state index in [2.05, 4.69) is 28.0 Å². The van der Waals surface area contributed by atoms with Gasteiger partial charge < -0.3 is 10.5 Å². The summed E-state index contributed by atoms with van der Waals surface area (Å²) >= 11 is 3.61. The van der Waals surface area contributed by atoms with Gasteiger partial charge in [-0.15, -0.1) is 0 Å². The van der Waals surface area contributed by atoms with Crippen LogP contribution in [0.25, 0.3) is 0 Å². The first kappa shape index (κ1) is 14.0. The van der Waals surface area contributed by atoms with Crippen molar-refractivity contribution < 1.29 is 4.74 Å². The van der Waals surface area contributed by atoms with E-state index in [-0.39, 0.29) is 6.04 Å². The molecule has 1 saturated carbocycles. The number of aromatic nitrogens is 2. The second-order valence-corrected chi connectivity index (χ2v) is 6.14. The van der Waals surface area contributed by atoms with Gasteiger partial charge >= 0.3 is 0 Å². The molecule has 0 radical (unpaired) electrons. The summed E-state index contributed by atoms with van der Waals surface area (Å²) in [4.78, 5) is 0. The van der Waals surface area contributed by atoms with Crippen LogP contribution in [0.1, 0.15) is 37.8 Å². The van der Waals surface area contributed by atoms with Gasteiger partial charge in [-0.3, -0.25) is 4.68 Å². The minimum Gasteiger partial charge on any atom is -0.383 e. The topological polar surface area (TPSA) is 53.1 Å². The molecule has 1 aromatic heterocycles. The Hall–Kier alpha value is -0.390. The smallest absolute Gasteiger partial charge is 0.0658 e. The van der Waals surface area contributed by atoms with Crippen LogP contribution in [0.2, 0.25) is 0 Å². The van der Waals surface area contributed by atoms with Gasteiger partial charge in [-0.05, 0) is 41.1 Å². The molecular weight excluding hydrogens is 294 g/mol. The molecule has 2 rings (SSSR count). The Balaban J connectivity index is 2.22. The van der Waals surface area contributed by atoms with Crippen molar-refractivity contribution in [1.29, 1.82) is 0 Å². The van der Waals surface area contributed by atoms with Crippen LogP contribution in [0.5, 0.6) is 0 Å². The highest BCUT2D eigenvalue weighted by atomic mass is 79.9. The Morgan fingerprint density at radius 3 is 3.06 bits per heavy atom. The van der Waals surface area contributed by atoms with Crippen LogP contribution < -0.4 is 5.73 Å². The SMILES string of the molecule is COCCn1ncc(Br)c1C1CC(C)CCC1N. The number of rotatable bonds is 4. The van der Waals surface area contributed by atoms with Crippen LogP contribution in [-0.2, 0) is 11.3 Å². The van der Waals surface area contributed by atoms with E-state index < -0.39 is 0 Å². The van der Waals surface area contributed by atoms with Crippen LogP contribution in [-0.4, -0.2) is 29.5 Å². The quantitative estimate of drug-likeness (QED) is 0.929. The summed E-state index contributed by atoms with van der Waals surface area (Å²) in [6, 6.07) is 0.246. The van der Waals surface area contributed by atoms with E-state index in [0.29, 0.717) is 12.5 Å². The van der Waals surface area contributed by atoms with Crippen LogP contribution in [0, 0.1) is 5.92 Å². The highest BCUT2D eigenvalue weighted by molar-refractivity contribution is 9.10. The number of hydrogen-bond acceptors (Lipinski definition) is 3. The van der Waals surface area contributed by atoms with Gasteiger partial charge in [0.25, 0.3) is 0 Å². The first-order valence-corrected chi connectivity index (χ1v) is 7.38. The molecule has 1 aliphatic rings. The van der Waals surface area contributed by atoms with Gasteiger partial charge in [0.15, 0.2) is 0 Å². The molecule has 1 heterocycles. The van der Waals surface area contributed by atoms with E-state index in [4.69, 9.17) is 10.5 Å². The molecule has 2 N–H and O–H groups in total. The summed E-state index contributed by atoms with van der Waals surface area (Å²) in [5.74, 6) is 1.15. The average molecular weight is 316 g/mol. The predicted octanol–water partition coefficient (Wildman–Crippen LogP) is 2.52. The lowest BCUT2D eigenvalue weighted by Gasteiger charge is -2.33. The molecule has 0 amide bonds. The third-order valence-corrected chi connectivity index (χ3v) is 4.47. The monoisotopic (exact) mass is 315 g/mol. The van der Waals surface area contributed by atoms with Gasteiger partial charge in [0.2, 0.25) is 0 Å². The van der Waals surface area contributed by atoms with Crippen molar-refractivity contribution in [3.63, 3.8) is 0 Å². The largest absolute Gasteiger partial charge is 0.383 e. The van der Waals surface area contributed by atoms with Crippen molar-refractivity contribution in [2.24, 2.45) is 11.7 Å². The molecule has 3 unspecified atom stereocenters. The molecule has 18 heavy (non-hydrogen) atoms. The van der Waals surface area contributed by atoms with Crippen LogP contribution in [0.3, 0.4) is 0 Å². The van der Waals surface area contributed by atoms with Crippen molar-refractivity contribution in [3.8, 4) is 0 Å².